The molecule has 0 aliphatic heterocycles. The molecule has 0 radical (unpaired) electrons. The maximum atomic E-state index is 11.7. The Hall–Kier alpha value is -3.55. The molecule has 1 aromatic carbocycles. The first kappa shape index (κ1) is 16.9. The number of hydrogen-bond acceptors (Lipinski definition) is 6. The topological polar surface area (TPSA) is 89.4 Å². The second-order valence-electron chi connectivity index (χ2n) is 6.07. The van der Waals surface area contributed by atoms with Gasteiger partial charge in [0.05, 0.1) is 17.5 Å². The lowest BCUT2D eigenvalue weighted by Gasteiger charge is -2.19. The number of aromatic nitrogens is 5. The largest absolute Gasteiger partial charge is 0.339 e. The summed E-state index contributed by atoms with van der Waals surface area (Å²) in [5.41, 5.74) is 4.06. The van der Waals surface area contributed by atoms with Crippen LogP contribution < -0.4 is 4.90 Å². The molecular formula is C19H18N6O2. The Morgan fingerprint density at radius 3 is 2.63 bits per heavy atom. The molecule has 4 aromatic rings. The first-order chi connectivity index (χ1) is 13.1. The fraction of sp³-hybridized carbons (Fsp3) is 0.211. The van der Waals surface area contributed by atoms with Crippen LogP contribution in [0.4, 0.5) is 5.69 Å². The third-order valence-electron chi connectivity index (χ3n) is 4.34. The highest BCUT2D eigenvalue weighted by Crippen LogP contribution is 2.27. The second kappa shape index (κ2) is 6.64. The number of aryl methyl sites for hydroxylation is 1. The molecule has 0 fully saturated rings. The molecule has 0 aliphatic rings. The van der Waals surface area contributed by atoms with Crippen LogP contribution in [0.15, 0.2) is 47.2 Å². The molecule has 0 N–H and O–H groups in total. The van der Waals surface area contributed by atoms with Crippen LogP contribution in [0.3, 0.4) is 0 Å². The average Bonchev–Trinajstić information content (AvgIpc) is 3.28. The highest BCUT2D eigenvalue weighted by Gasteiger charge is 2.16. The first-order valence-electron chi connectivity index (χ1n) is 8.60. The number of carbonyl (C=O) groups is 1. The van der Waals surface area contributed by atoms with Crippen LogP contribution in [0.25, 0.3) is 28.3 Å². The lowest BCUT2D eigenvalue weighted by molar-refractivity contribution is -0.116. The molecule has 0 bridgehead atoms. The summed E-state index contributed by atoms with van der Waals surface area (Å²) in [6, 6.07) is 9.69. The van der Waals surface area contributed by atoms with E-state index in [4.69, 9.17) is 4.52 Å². The van der Waals surface area contributed by atoms with Crippen molar-refractivity contribution in [2.45, 2.75) is 20.8 Å². The molecule has 8 heteroatoms. The number of nitrogens with zero attached hydrogens (tertiary/aromatic N) is 6. The van der Waals surface area contributed by atoms with E-state index in [0.29, 0.717) is 29.5 Å². The molecule has 3 aromatic heterocycles. The highest BCUT2D eigenvalue weighted by atomic mass is 16.5. The van der Waals surface area contributed by atoms with Gasteiger partial charge < -0.3 is 9.42 Å². The smallest absolute Gasteiger partial charge is 0.223 e. The van der Waals surface area contributed by atoms with Gasteiger partial charge in [-0.25, -0.2) is 9.50 Å². The summed E-state index contributed by atoms with van der Waals surface area (Å²) < 4.78 is 6.81. The fourth-order valence-electron chi connectivity index (χ4n) is 3.08. The molecular weight excluding hydrogens is 344 g/mol. The summed E-state index contributed by atoms with van der Waals surface area (Å²) in [5.74, 6) is 0.966. The lowest BCUT2D eigenvalue weighted by Crippen LogP contribution is -2.27. The van der Waals surface area contributed by atoms with E-state index in [9.17, 15) is 4.79 Å². The number of rotatable bonds is 4. The fourth-order valence-corrected chi connectivity index (χ4v) is 3.08. The van der Waals surface area contributed by atoms with E-state index >= 15 is 0 Å². The molecule has 0 spiro atoms. The highest BCUT2D eigenvalue weighted by molar-refractivity contribution is 5.91. The zero-order valence-corrected chi connectivity index (χ0v) is 15.2. The number of hydrogen-bond donors (Lipinski definition) is 0. The molecule has 0 unspecified atom stereocenters. The molecule has 136 valence electrons. The van der Waals surface area contributed by atoms with Crippen molar-refractivity contribution in [2.24, 2.45) is 0 Å². The number of fused-ring (bicyclic) bond motifs is 1. The number of benzene rings is 1. The van der Waals surface area contributed by atoms with E-state index in [1.54, 1.807) is 35.7 Å². The van der Waals surface area contributed by atoms with E-state index in [2.05, 4.69) is 20.2 Å². The van der Waals surface area contributed by atoms with Gasteiger partial charge >= 0.3 is 0 Å². The van der Waals surface area contributed by atoms with Crippen molar-refractivity contribution in [1.29, 1.82) is 0 Å². The van der Waals surface area contributed by atoms with Crippen LogP contribution in [0.5, 0.6) is 0 Å². The van der Waals surface area contributed by atoms with Crippen molar-refractivity contribution in [3.8, 4) is 22.6 Å². The molecule has 0 saturated carbocycles. The predicted octanol–water partition coefficient (Wildman–Crippen LogP) is 3.13. The molecule has 4 rings (SSSR count). The van der Waals surface area contributed by atoms with E-state index in [1.165, 1.54) is 0 Å². The Balaban J connectivity index is 1.76. The Bertz CT molecular complexity index is 1110. The summed E-state index contributed by atoms with van der Waals surface area (Å²) in [7, 11) is 0. The van der Waals surface area contributed by atoms with E-state index in [-0.39, 0.29) is 5.91 Å². The van der Waals surface area contributed by atoms with E-state index in [0.717, 1.165) is 16.9 Å². The number of anilines is 1. The first-order valence-corrected chi connectivity index (χ1v) is 8.60. The maximum Gasteiger partial charge on any atom is 0.223 e. The summed E-state index contributed by atoms with van der Waals surface area (Å²) in [6.07, 6.45) is 3.41. The Morgan fingerprint density at radius 2 is 2.00 bits per heavy atom. The summed E-state index contributed by atoms with van der Waals surface area (Å²) in [5, 5.41) is 8.40. The SMILES string of the molecule is CCN(C(C)=O)c1ccc(-c2ccnc3c(-c4noc(C)n4)cnn23)cc1. The third-order valence-corrected chi connectivity index (χ3v) is 4.34. The van der Waals surface area contributed by atoms with E-state index < -0.39 is 0 Å². The van der Waals surface area contributed by atoms with Gasteiger partial charge in [-0.3, -0.25) is 4.79 Å². The summed E-state index contributed by atoms with van der Waals surface area (Å²) >= 11 is 0. The average molecular weight is 362 g/mol. The van der Waals surface area contributed by atoms with Crippen molar-refractivity contribution < 1.29 is 9.32 Å². The molecule has 8 nitrogen and oxygen atoms in total. The zero-order chi connectivity index (χ0) is 19.0. The third kappa shape index (κ3) is 2.95. The van der Waals surface area contributed by atoms with Gasteiger partial charge in [0.25, 0.3) is 0 Å². The van der Waals surface area contributed by atoms with E-state index in [1.807, 2.05) is 37.3 Å². The van der Waals surface area contributed by atoms with Crippen LogP contribution in [-0.2, 0) is 4.79 Å². The van der Waals surface area contributed by atoms with Gasteiger partial charge in [0.1, 0.15) is 0 Å². The van der Waals surface area contributed by atoms with Gasteiger partial charge in [-0.05, 0) is 25.1 Å². The van der Waals surface area contributed by atoms with Crippen molar-refractivity contribution >= 4 is 17.2 Å². The molecule has 3 heterocycles. The lowest BCUT2D eigenvalue weighted by atomic mass is 10.1. The Labute approximate surface area is 155 Å². The second-order valence-corrected chi connectivity index (χ2v) is 6.07. The molecule has 0 aliphatic carbocycles. The minimum atomic E-state index is 0.0173. The van der Waals surface area contributed by atoms with Crippen molar-refractivity contribution in [1.82, 2.24) is 24.7 Å². The minimum absolute atomic E-state index is 0.0173. The van der Waals surface area contributed by atoms with Crippen molar-refractivity contribution in [3.63, 3.8) is 0 Å². The van der Waals surface area contributed by atoms with Crippen LogP contribution in [0.1, 0.15) is 19.7 Å². The van der Waals surface area contributed by atoms with Crippen molar-refractivity contribution in [2.75, 3.05) is 11.4 Å². The van der Waals surface area contributed by atoms with Gasteiger partial charge in [-0.2, -0.15) is 10.1 Å². The normalized spacial score (nSPS) is 11.1. The molecule has 0 atom stereocenters. The minimum Gasteiger partial charge on any atom is -0.339 e. The van der Waals surface area contributed by atoms with Gasteiger partial charge in [-0.15, -0.1) is 0 Å². The quantitative estimate of drug-likeness (QED) is 0.554. The predicted molar refractivity (Wildman–Crippen MR) is 100 cm³/mol. The van der Waals surface area contributed by atoms with Crippen molar-refractivity contribution in [3.05, 3.63) is 48.6 Å². The van der Waals surface area contributed by atoms with Gasteiger partial charge in [0, 0.05) is 37.8 Å². The molecule has 27 heavy (non-hydrogen) atoms. The Kier molecular flexibility index (Phi) is 4.15. The standard InChI is InChI=1S/C19H18N6O2/c1-4-24(13(3)26)15-7-5-14(6-8-15)17-9-10-20-19-16(11-21-25(17)19)18-22-12(2)27-23-18/h5-11H,4H2,1-3H3. The number of amides is 1. The van der Waals surface area contributed by atoms with Crippen LogP contribution in [0, 0.1) is 6.92 Å². The summed E-state index contributed by atoms with van der Waals surface area (Å²) in [4.78, 5) is 22.1. The molecule has 0 saturated heterocycles. The van der Waals surface area contributed by atoms with Gasteiger partial charge in [0.15, 0.2) is 5.65 Å². The Morgan fingerprint density at radius 1 is 1.22 bits per heavy atom. The summed E-state index contributed by atoms with van der Waals surface area (Å²) in [6.45, 7) is 5.88. The molecule has 1 amide bonds. The van der Waals surface area contributed by atoms with Crippen LogP contribution >= 0.6 is 0 Å². The maximum absolute atomic E-state index is 11.7. The monoisotopic (exact) mass is 362 g/mol. The number of carbonyl (C=O) groups excluding carboxylic acids is 1. The zero-order valence-electron chi connectivity index (χ0n) is 15.2. The van der Waals surface area contributed by atoms with Crippen LogP contribution in [-0.4, -0.2) is 37.2 Å². The van der Waals surface area contributed by atoms with Crippen LogP contribution in [0.2, 0.25) is 0 Å². The van der Waals surface area contributed by atoms with Gasteiger partial charge in [0.2, 0.25) is 17.6 Å². The van der Waals surface area contributed by atoms with Gasteiger partial charge in [-0.1, -0.05) is 17.3 Å².